The number of pyridine rings is 1. The topological polar surface area (TPSA) is 53.5 Å². The van der Waals surface area contributed by atoms with Crippen LogP contribution in [0.25, 0.3) is 0 Å². The number of benzene rings is 1. The maximum Gasteiger partial charge on any atom is 0.255 e. The quantitative estimate of drug-likeness (QED) is 0.862. The van der Waals surface area contributed by atoms with Crippen molar-refractivity contribution < 1.29 is 9.59 Å². The van der Waals surface area contributed by atoms with Gasteiger partial charge in [-0.05, 0) is 30.5 Å². The van der Waals surface area contributed by atoms with Gasteiger partial charge in [-0.1, -0.05) is 30.3 Å². The van der Waals surface area contributed by atoms with E-state index >= 15 is 0 Å². The number of piperidine rings is 1. The molecule has 2 heterocycles. The first kappa shape index (κ1) is 17.1. The fourth-order valence-corrected chi connectivity index (χ4v) is 3.25. The Hall–Kier alpha value is -2.69. The molecule has 2 aromatic rings. The molecule has 5 heteroatoms. The van der Waals surface area contributed by atoms with E-state index in [1.807, 2.05) is 42.3 Å². The van der Waals surface area contributed by atoms with Crippen LogP contribution in [0.2, 0.25) is 0 Å². The highest BCUT2D eigenvalue weighted by Gasteiger charge is 2.29. The van der Waals surface area contributed by atoms with Crippen LogP contribution in [0.4, 0.5) is 0 Å². The molecule has 2 amide bonds. The monoisotopic (exact) mass is 337 g/mol. The van der Waals surface area contributed by atoms with Crippen molar-refractivity contribution in [2.75, 3.05) is 20.1 Å². The maximum absolute atomic E-state index is 12.7. The summed E-state index contributed by atoms with van der Waals surface area (Å²) in [5, 5.41) is 0. The first-order valence-corrected chi connectivity index (χ1v) is 8.63. The Balaban J connectivity index is 1.53. The molecule has 1 aromatic heterocycles. The van der Waals surface area contributed by atoms with E-state index in [2.05, 4.69) is 4.98 Å². The predicted octanol–water partition coefficient (Wildman–Crippen LogP) is 2.59. The first-order chi connectivity index (χ1) is 12.1. The van der Waals surface area contributed by atoms with Crippen LogP contribution in [0.3, 0.4) is 0 Å². The van der Waals surface area contributed by atoms with E-state index in [0.29, 0.717) is 38.0 Å². The lowest BCUT2D eigenvalue weighted by atomic mass is 9.95. The van der Waals surface area contributed by atoms with Gasteiger partial charge >= 0.3 is 0 Å². The van der Waals surface area contributed by atoms with Gasteiger partial charge in [0.2, 0.25) is 5.91 Å². The highest BCUT2D eigenvalue weighted by molar-refractivity contribution is 5.94. The van der Waals surface area contributed by atoms with Crippen LogP contribution in [0.5, 0.6) is 0 Å². The van der Waals surface area contributed by atoms with E-state index in [1.54, 1.807) is 29.4 Å². The minimum Gasteiger partial charge on any atom is -0.341 e. The van der Waals surface area contributed by atoms with Gasteiger partial charge in [-0.15, -0.1) is 0 Å². The van der Waals surface area contributed by atoms with E-state index < -0.39 is 0 Å². The smallest absolute Gasteiger partial charge is 0.255 e. The minimum absolute atomic E-state index is 0.00311. The van der Waals surface area contributed by atoms with E-state index in [4.69, 9.17) is 0 Å². The van der Waals surface area contributed by atoms with Gasteiger partial charge in [0, 0.05) is 45.0 Å². The molecule has 1 saturated heterocycles. The zero-order chi connectivity index (χ0) is 17.6. The van der Waals surface area contributed by atoms with Crippen molar-refractivity contribution in [3.63, 3.8) is 0 Å². The zero-order valence-corrected chi connectivity index (χ0v) is 14.5. The standard InChI is InChI=1S/C20H23N3O2/c1-22(15-16-6-3-2-4-7-16)19(24)17-9-12-23(13-10-17)20(25)18-8-5-11-21-14-18/h2-8,11,14,17H,9-10,12-13,15H2,1H3. The van der Waals surface area contributed by atoms with Crippen molar-refractivity contribution in [2.45, 2.75) is 19.4 Å². The van der Waals surface area contributed by atoms with Gasteiger partial charge in [-0.2, -0.15) is 0 Å². The Morgan fingerprint density at radius 1 is 1.12 bits per heavy atom. The van der Waals surface area contributed by atoms with Crippen LogP contribution in [0.15, 0.2) is 54.9 Å². The van der Waals surface area contributed by atoms with E-state index in [-0.39, 0.29) is 17.7 Å². The van der Waals surface area contributed by atoms with Crippen LogP contribution < -0.4 is 0 Å². The Morgan fingerprint density at radius 3 is 2.48 bits per heavy atom. The minimum atomic E-state index is -0.00772. The largest absolute Gasteiger partial charge is 0.341 e. The fourth-order valence-electron chi connectivity index (χ4n) is 3.25. The molecule has 1 aromatic carbocycles. The van der Waals surface area contributed by atoms with Gasteiger partial charge in [0.05, 0.1) is 5.56 Å². The Labute approximate surface area is 148 Å². The van der Waals surface area contributed by atoms with Crippen LogP contribution in [0, 0.1) is 5.92 Å². The molecule has 0 spiro atoms. The maximum atomic E-state index is 12.7. The summed E-state index contributed by atoms with van der Waals surface area (Å²) in [4.78, 5) is 32.7. The lowest BCUT2D eigenvalue weighted by molar-refractivity contribution is -0.136. The van der Waals surface area contributed by atoms with Crippen molar-refractivity contribution >= 4 is 11.8 Å². The summed E-state index contributed by atoms with van der Waals surface area (Å²) in [5.41, 5.74) is 1.73. The second kappa shape index (κ2) is 7.92. The second-order valence-electron chi connectivity index (χ2n) is 6.49. The molecule has 130 valence electrons. The second-order valence-corrected chi connectivity index (χ2v) is 6.49. The summed E-state index contributed by atoms with van der Waals surface area (Å²) in [6.07, 6.45) is 4.67. The average Bonchev–Trinajstić information content (AvgIpc) is 2.68. The van der Waals surface area contributed by atoms with Crippen LogP contribution in [-0.4, -0.2) is 46.7 Å². The van der Waals surface area contributed by atoms with Crippen molar-refractivity contribution in [3.8, 4) is 0 Å². The summed E-state index contributed by atoms with van der Waals surface area (Å²) in [6, 6.07) is 13.5. The molecule has 1 aliphatic rings. The molecule has 3 rings (SSSR count). The molecule has 0 atom stereocenters. The van der Waals surface area contributed by atoms with Crippen molar-refractivity contribution in [3.05, 3.63) is 66.0 Å². The number of carbonyl (C=O) groups excluding carboxylic acids is 2. The van der Waals surface area contributed by atoms with E-state index in [1.165, 1.54) is 0 Å². The molecule has 25 heavy (non-hydrogen) atoms. The summed E-state index contributed by atoms with van der Waals surface area (Å²) in [6.45, 7) is 1.85. The number of rotatable bonds is 4. The molecule has 0 radical (unpaired) electrons. The number of nitrogens with zero attached hydrogens (tertiary/aromatic N) is 3. The van der Waals surface area contributed by atoms with Crippen molar-refractivity contribution in [1.29, 1.82) is 0 Å². The number of carbonyl (C=O) groups is 2. The van der Waals surface area contributed by atoms with E-state index in [0.717, 1.165) is 5.56 Å². The van der Waals surface area contributed by atoms with Crippen molar-refractivity contribution in [2.24, 2.45) is 5.92 Å². The highest BCUT2D eigenvalue weighted by atomic mass is 16.2. The molecular formula is C20H23N3O2. The summed E-state index contributed by atoms with van der Waals surface area (Å²) < 4.78 is 0. The van der Waals surface area contributed by atoms with E-state index in [9.17, 15) is 9.59 Å². The molecule has 0 bridgehead atoms. The Bertz CT molecular complexity index is 710. The van der Waals surface area contributed by atoms with Crippen molar-refractivity contribution in [1.82, 2.24) is 14.8 Å². The summed E-state index contributed by atoms with van der Waals surface area (Å²) in [5.74, 6) is 0.153. The molecule has 1 fully saturated rings. The molecular weight excluding hydrogens is 314 g/mol. The first-order valence-electron chi connectivity index (χ1n) is 8.63. The molecule has 5 nitrogen and oxygen atoms in total. The number of hydrogen-bond acceptors (Lipinski definition) is 3. The number of likely N-dealkylation sites (tertiary alicyclic amines) is 1. The van der Waals surface area contributed by atoms with Gasteiger partial charge in [-0.3, -0.25) is 14.6 Å². The molecule has 0 N–H and O–H groups in total. The normalized spacial score (nSPS) is 15.0. The number of amides is 2. The number of aromatic nitrogens is 1. The summed E-state index contributed by atoms with van der Waals surface area (Å²) in [7, 11) is 1.85. The van der Waals surface area contributed by atoms with Crippen LogP contribution >= 0.6 is 0 Å². The van der Waals surface area contributed by atoms with Gasteiger partial charge < -0.3 is 9.80 Å². The highest BCUT2D eigenvalue weighted by Crippen LogP contribution is 2.21. The fraction of sp³-hybridized carbons (Fsp3) is 0.350. The molecule has 0 aliphatic carbocycles. The average molecular weight is 337 g/mol. The lowest BCUT2D eigenvalue weighted by Crippen LogP contribution is -2.43. The third kappa shape index (κ3) is 4.24. The number of hydrogen-bond donors (Lipinski definition) is 0. The molecule has 1 aliphatic heterocycles. The Kier molecular flexibility index (Phi) is 5.43. The van der Waals surface area contributed by atoms with Gasteiger partial charge in [0.25, 0.3) is 5.91 Å². The van der Waals surface area contributed by atoms with Crippen LogP contribution in [-0.2, 0) is 11.3 Å². The lowest BCUT2D eigenvalue weighted by Gasteiger charge is -2.33. The van der Waals surface area contributed by atoms with Gasteiger partial charge in [0.1, 0.15) is 0 Å². The van der Waals surface area contributed by atoms with Crippen LogP contribution in [0.1, 0.15) is 28.8 Å². The van der Waals surface area contributed by atoms with Gasteiger partial charge in [0.15, 0.2) is 0 Å². The summed E-state index contributed by atoms with van der Waals surface area (Å²) >= 11 is 0. The zero-order valence-electron chi connectivity index (χ0n) is 14.5. The Morgan fingerprint density at radius 2 is 1.84 bits per heavy atom. The molecule has 0 unspecified atom stereocenters. The third-order valence-corrected chi connectivity index (χ3v) is 4.68. The third-order valence-electron chi connectivity index (χ3n) is 4.68. The predicted molar refractivity (Wildman–Crippen MR) is 95.8 cm³/mol. The van der Waals surface area contributed by atoms with Gasteiger partial charge in [-0.25, -0.2) is 0 Å². The molecule has 0 saturated carbocycles. The SMILES string of the molecule is CN(Cc1ccccc1)C(=O)C1CCN(C(=O)c2cccnc2)CC1.